The highest BCUT2D eigenvalue weighted by Crippen LogP contribution is 2.26. The summed E-state index contributed by atoms with van der Waals surface area (Å²) >= 11 is 0. The SMILES string of the molecule is O=C(Cc1ccccc1)Nc1ccc(-c2ccc3ncc(N4CCN(CCCN5CCCC5)CC4)nc3c2)cc1. The first kappa shape index (κ1) is 26.4. The van der Waals surface area contributed by atoms with Crippen LogP contribution >= 0.6 is 0 Å². The third-order valence-corrected chi connectivity index (χ3v) is 8.08. The van der Waals surface area contributed by atoms with Crippen molar-refractivity contribution in [3.8, 4) is 11.1 Å². The topological polar surface area (TPSA) is 64.6 Å². The van der Waals surface area contributed by atoms with E-state index in [4.69, 9.17) is 9.97 Å². The Hall–Kier alpha value is -3.81. The Morgan fingerprint density at radius 3 is 2.20 bits per heavy atom. The van der Waals surface area contributed by atoms with Crippen molar-refractivity contribution in [1.82, 2.24) is 19.8 Å². The predicted molar refractivity (Wildman–Crippen MR) is 163 cm³/mol. The molecule has 40 heavy (non-hydrogen) atoms. The van der Waals surface area contributed by atoms with E-state index < -0.39 is 0 Å². The monoisotopic (exact) mass is 534 g/mol. The van der Waals surface area contributed by atoms with E-state index in [0.29, 0.717) is 6.42 Å². The van der Waals surface area contributed by atoms with Crippen LogP contribution in [0.15, 0.2) is 79.0 Å². The summed E-state index contributed by atoms with van der Waals surface area (Å²) in [5, 5.41) is 3.00. The molecule has 0 saturated carbocycles. The lowest BCUT2D eigenvalue weighted by atomic mass is 10.0. The van der Waals surface area contributed by atoms with Gasteiger partial charge in [0.2, 0.25) is 5.91 Å². The number of benzene rings is 3. The summed E-state index contributed by atoms with van der Waals surface area (Å²) in [6.07, 6.45) is 6.28. The molecule has 2 saturated heterocycles. The summed E-state index contributed by atoms with van der Waals surface area (Å²) in [6.45, 7) is 9.13. The largest absolute Gasteiger partial charge is 0.353 e. The number of fused-ring (bicyclic) bond motifs is 1. The van der Waals surface area contributed by atoms with Crippen LogP contribution < -0.4 is 10.2 Å². The Bertz CT molecular complexity index is 1410. The van der Waals surface area contributed by atoms with Crippen LogP contribution in [0, 0.1) is 0 Å². The van der Waals surface area contributed by atoms with Crippen LogP contribution in [-0.2, 0) is 11.2 Å². The highest BCUT2D eigenvalue weighted by atomic mass is 16.1. The molecular weight excluding hydrogens is 496 g/mol. The molecule has 0 radical (unpaired) electrons. The highest BCUT2D eigenvalue weighted by Gasteiger charge is 2.19. The summed E-state index contributed by atoms with van der Waals surface area (Å²) in [6, 6.07) is 24.0. The van der Waals surface area contributed by atoms with E-state index in [1.54, 1.807) is 0 Å². The summed E-state index contributed by atoms with van der Waals surface area (Å²) in [5.74, 6) is 0.938. The van der Waals surface area contributed by atoms with E-state index in [2.05, 4.69) is 32.1 Å². The van der Waals surface area contributed by atoms with Crippen LogP contribution in [0.5, 0.6) is 0 Å². The smallest absolute Gasteiger partial charge is 0.228 e. The number of amides is 1. The van der Waals surface area contributed by atoms with Gasteiger partial charge in [0.15, 0.2) is 0 Å². The third kappa shape index (κ3) is 6.66. The number of hydrogen-bond acceptors (Lipinski definition) is 6. The van der Waals surface area contributed by atoms with Gasteiger partial charge < -0.3 is 15.1 Å². The molecule has 206 valence electrons. The van der Waals surface area contributed by atoms with Gasteiger partial charge in [-0.05, 0) is 86.4 Å². The fraction of sp³-hybridized carbons (Fsp3) is 0.364. The number of anilines is 2. The molecule has 2 aliphatic heterocycles. The van der Waals surface area contributed by atoms with Crippen molar-refractivity contribution < 1.29 is 4.79 Å². The van der Waals surface area contributed by atoms with Gasteiger partial charge in [0, 0.05) is 31.9 Å². The Morgan fingerprint density at radius 1 is 0.750 bits per heavy atom. The Kier molecular flexibility index (Phi) is 8.31. The van der Waals surface area contributed by atoms with Crippen LogP contribution in [0.2, 0.25) is 0 Å². The molecule has 0 bridgehead atoms. The number of piperazine rings is 1. The third-order valence-electron chi connectivity index (χ3n) is 8.08. The van der Waals surface area contributed by atoms with Gasteiger partial charge in [0.1, 0.15) is 5.82 Å². The number of carbonyl (C=O) groups excluding carboxylic acids is 1. The average molecular weight is 535 g/mol. The number of hydrogen-bond donors (Lipinski definition) is 1. The van der Waals surface area contributed by atoms with E-state index in [1.165, 1.54) is 45.4 Å². The van der Waals surface area contributed by atoms with E-state index in [1.807, 2.05) is 66.9 Å². The fourth-order valence-corrected chi connectivity index (χ4v) is 5.79. The van der Waals surface area contributed by atoms with Gasteiger partial charge in [0.05, 0.1) is 23.7 Å². The molecule has 6 rings (SSSR count). The maximum absolute atomic E-state index is 12.4. The maximum atomic E-state index is 12.4. The minimum absolute atomic E-state index is 0.0182. The van der Waals surface area contributed by atoms with Crippen molar-refractivity contribution in [1.29, 1.82) is 0 Å². The van der Waals surface area contributed by atoms with E-state index in [0.717, 1.165) is 65.4 Å². The lowest BCUT2D eigenvalue weighted by molar-refractivity contribution is -0.115. The quantitative estimate of drug-likeness (QED) is 0.323. The summed E-state index contributed by atoms with van der Waals surface area (Å²) in [7, 11) is 0. The molecular formula is C33H38N6O. The molecule has 2 aliphatic rings. The molecule has 4 aromatic rings. The number of carbonyl (C=O) groups is 1. The molecule has 2 fully saturated rings. The van der Waals surface area contributed by atoms with Crippen molar-refractivity contribution >= 4 is 28.4 Å². The number of likely N-dealkylation sites (tertiary alicyclic amines) is 1. The zero-order valence-corrected chi connectivity index (χ0v) is 23.1. The van der Waals surface area contributed by atoms with Gasteiger partial charge in [-0.1, -0.05) is 48.5 Å². The zero-order valence-electron chi connectivity index (χ0n) is 23.1. The molecule has 1 aromatic heterocycles. The van der Waals surface area contributed by atoms with Crippen molar-refractivity contribution in [3.05, 3.63) is 84.6 Å². The molecule has 7 nitrogen and oxygen atoms in total. The molecule has 3 heterocycles. The molecule has 1 amide bonds. The lowest BCUT2D eigenvalue weighted by Gasteiger charge is -2.35. The molecule has 0 atom stereocenters. The minimum atomic E-state index is -0.0182. The summed E-state index contributed by atoms with van der Waals surface area (Å²) < 4.78 is 0. The highest BCUT2D eigenvalue weighted by molar-refractivity contribution is 5.92. The number of nitrogens with one attached hydrogen (secondary N) is 1. The second kappa shape index (κ2) is 12.6. The van der Waals surface area contributed by atoms with Crippen LogP contribution in [0.4, 0.5) is 11.5 Å². The summed E-state index contributed by atoms with van der Waals surface area (Å²) in [4.78, 5) is 29.7. The van der Waals surface area contributed by atoms with E-state index in [9.17, 15) is 4.79 Å². The van der Waals surface area contributed by atoms with Gasteiger partial charge in [0.25, 0.3) is 0 Å². The Labute approximate surface area is 236 Å². The summed E-state index contributed by atoms with van der Waals surface area (Å²) in [5.41, 5.74) is 5.77. The molecule has 7 heteroatoms. The fourth-order valence-electron chi connectivity index (χ4n) is 5.79. The molecule has 1 N–H and O–H groups in total. The van der Waals surface area contributed by atoms with Gasteiger partial charge in [-0.3, -0.25) is 14.7 Å². The first-order valence-electron chi connectivity index (χ1n) is 14.6. The van der Waals surface area contributed by atoms with Crippen LogP contribution in [-0.4, -0.2) is 78.0 Å². The van der Waals surface area contributed by atoms with Crippen molar-refractivity contribution in [2.75, 3.05) is 62.6 Å². The zero-order chi connectivity index (χ0) is 27.1. The normalized spacial score (nSPS) is 16.4. The Balaban J connectivity index is 1.05. The van der Waals surface area contributed by atoms with E-state index in [-0.39, 0.29) is 5.91 Å². The number of rotatable bonds is 9. The predicted octanol–water partition coefficient (Wildman–Crippen LogP) is 5.09. The second-order valence-corrected chi connectivity index (χ2v) is 11.0. The van der Waals surface area contributed by atoms with Gasteiger partial charge in [-0.2, -0.15) is 0 Å². The maximum Gasteiger partial charge on any atom is 0.228 e. The average Bonchev–Trinajstić information content (AvgIpc) is 3.51. The molecule has 0 unspecified atom stereocenters. The lowest BCUT2D eigenvalue weighted by Crippen LogP contribution is -2.47. The van der Waals surface area contributed by atoms with Crippen molar-refractivity contribution in [2.24, 2.45) is 0 Å². The van der Waals surface area contributed by atoms with Gasteiger partial charge in [-0.25, -0.2) is 4.98 Å². The van der Waals surface area contributed by atoms with Crippen molar-refractivity contribution in [2.45, 2.75) is 25.7 Å². The molecule has 3 aromatic carbocycles. The first-order chi connectivity index (χ1) is 19.7. The first-order valence-corrected chi connectivity index (χ1v) is 14.6. The van der Waals surface area contributed by atoms with Crippen LogP contribution in [0.3, 0.4) is 0 Å². The standard InChI is InChI=1S/C33H38N6O/c40-33(23-26-7-2-1-3-8-26)35-29-12-9-27(10-13-29)28-11-14-30-31(24-28)36-32(25-34-30)39-21-19-38(20-22-39)18-6-17-37-15-4-5-16-37/h1-3,7-14,24-25H,4-6,15-23H2,(H,35,40). The van der Waals surface area contributed by atoms with E-state index >= 15 is 0 Å². The van der Waals surface area contributed by atoms with Crippen molar-refractivity contribution in [3.63, 3.8) is 0 Å². The Morgan fingerprint density at radius 2 is 1.45 bits per heavy atom. The minimum Gasteiger partial charge on any atom is -0.353 e. The molecule has 0 aliphatic carbocycles. The number of aromatic nitrogens is 2. The number of nitrogens with zero attached hydrogens (tertiary/aromatic N) is 5. The van der Waals surface area contributed by atoms with Crippen LogP contribution in [0.1, 0.15) is 24.8 Å². The second-order valence-electron chi connectivity index (χ2n) is 11.0. The molecule has 0 spiro atoms. The van der Waals surface area contributed by atoms with Gasteiger partial charge >= 0.3 is 0 Å². The van der Waals surface area contributed by atoms with Crippen LogP contribution in [0.25, 0.3) is 22.2 Å². The van der Waals surface area contributed by atoms with Gasteiger partial charge in [-0.15, -0.1) is 0 Å².